The van der Waals surface area contributed by atoms with Crippen LogP contribution in [0.5, 0.6) is 0 Å². The van der Waals surface area contributed by atoms with E-state index in [2.05, 4.69) is 15.5 Å². The average Bonchev–Trinajstić information content (AvgIpc) is 3.05. The molecule has 1 aromatic heterocycles. The number of aryl methyl sites for hydroxylation is 3. The van der Waals surface area contributed by atoms with Crippen LogP contribution in [0, 0.1) is 19.7 Å². The van der Waals surface area contributed by atoms with Crippen LogP contribution in [0.2, 0.25) is 0 Å². The highest BCUT2D eigenvalue weighted by molar-refractivity contribution is 5.91. The van der Waals surface area contributed by atoms with Gasteiger partial charge in [-0.1, -0.05) is 35.0 Å². The summed E-state index contributed by atoms with van der Waals surface area (Å²) in [4.78, 5) is 16.2. The molecule has 6 heteroatoms. The van der Waals surface area contributed by atoms with Gasteiger partial charge in [0.1, 0.15) is 5.82 Å². The van der Waals surface area contributed by atoms with Crippen LogP contribution in [0.15, 0.2) is 47.0 Å². The molecule has 0 aliphatic rings. The fourth-order valence-electron chi connectivity index (χ4n) is 2.50. The van der Waals surface area contributed by atoms with Crippen LogP contribution < -0.4 is 5.32 Å². The van der Waals surface area contributed by atoms with E-state index in [1.54, 1.807) is 18.2 Å². The fraction of sp³-hybridized carbons (Fsp3) is 0.211. The van der Waals surface area contributed by atoms with Gasteiger partial charge < -0.3 is 9.84 Å². The lowest BCUT2D eigenvalue weighted by Crippen LogP contribution is -2.13. The zero-order valence-corrected chi connectivity index (χ0v) is 14.0. The molecule has 0 radical (unpaired) electrons. The molecule has 1 amide bonds. The van der Waals surface area contributed by atoms with Crippen molar-refractivity contribution in [3.8, 4) is 11.4 Å². The number of nitrogens with one attached hydrogen (secondary N) is 1. The fourth-order valence-corrected chi connectivity index (χ4v) is 2.50. The maximum absolute atomic E-state index is 13.7. The van der Waals surface area contributed by atoms with Crippen molar-refractivity contribution in [2.24, 2.45) is 0 Å². The molecule has 3 rings (SSSR count). The van der Waals surface area contributed by atoms with Crippen LogP contribution in [-0.2, 0) is 11.2 Å². The molecule has 25 heavy (non-hydrogen) atoms. The minimum Gasteiger partial charge on any atom is -0.339 e. The van der Waals surface area contributed by atoms with Crippen LogP contribution >= 0.6 is 0 Å². The van der Waals surface area contributed by atoms with Crippen molar-refractivity contribution in [1.29, 1.82) is 0 Å². The second kappa shape index (κ2) is 7.25. The van der Waals surface area contributed by atoms with Crippen molar-refractivity contribution in [3.63, 3.8) is 0 Å². The zero-order valence-electron chi connectivity index (χ0n) is 14.0. The summed E-state index contributed by atoms with van der Waals surface area (Å²) in [6.07, 6.45) is 0.490. The molecule has 0 saturated carbocycles. The molecule has 0 aliphatic heterocycles. The van der Waals surface area contributed by atoms with Crippen LogP contribution in [-0.4, -0.2) is 16.0 Å². The molecule has 2 aromatic carbocycles. The predicted molar refractivity (Wildman–Crippen MR) is 92.6 cm³/mol. The second-order valence-electron chi connectivity index (χ2n) is 5.86. The first-order valence-electron chi connectivity index (χ1n) is 7.97. The maximum Gasteiger partial charge on any atom is 0.227 e. The van der Waals surface area contributed by atoms with Gasteiger partial charge in [-0.05, 0) is 37.6 Å². The zero-order chi connectivity index (χ0) is 17.8. The molecular formula is C19H18FN3O2. The molecule has 1 heterocycles. The van der Waals surface area contributed by atoms with E-state index in [0.29, 0.717) is 5.89 Å². The maximum atomic E-state index is 13.7. The summed E-state index contributed by atoms with van der Waals surface area (Å²) in [6, 6.07) is 12.0. The molecule has 3 aromatic rings. The predicted octanol–water partition coefficient (Wildman–Crippen LogP) is 4.06. The number of hydrogen-bond acceptors (Lipinski definition) is 4. The van der Waals surface area contributed by atoms with E-state index in [0.717, 1.165) is 16.8 Å². The van der Waals surface area contributed by atoms with E-state index >= 15 is 0 Å². The lowest BCUT2D eigenvalue weighted by Gasteiger charge is -2.08. The Morgan fingerprint density at radius 3 is 2.76 bits per heavy atom. The summed E-state index contributed by atoms with van der Waals surface area (Å²) in [6.45, 7) is 3.95. The summed E-state index contributed by atoms with van der Waals surface area (Å²) in [5.74, 6) is -0.0723. The SMILES string of the molecule is Cc1ccc(NC(=O)CCc2nc(-c3ccccc3F)no2)c(C)c1. The number of nitrogens with zero attached hydrogens (tertiary/aromatic N) is 2. The molecule has 0 atom stereocenters. The van der Waals surface area contributed by atoms with E-state index in [4.69, 9.17) is 4.52 Å². The molecule has 0 aliphatic carbocycles. The third kappa shape index (κ3) is 4.09. The Labute approximate surface area is 144 Å². The number of aromatic nitrogens is 2. The van der Waals surface area contributed by atoms with Gasteiger partial charge in [-0.15, -0.1) is 0 Å². The Kier molecular flexibility index (Phi) is 4.88. The van der Waals surface area contributed by atoms with E-state index in [1.807, 2.05) is 32.0 Å². The highest BCUT2D eigenvalue weighted by Gasteiger charge is 2.13. The van der Waals surface area contributed by atoms with Gasteiger partial charge in [0, 0.05) is 18.5 Å². The van der Waals surface area contributed by atoms with Crippen LogP contribution in [0.4, 0.5) is 10.1 Å². The number of carbonyl (C=O) groups is 1. The number of hydrogen-bond donors (Lipinski definition) is 1. The monoisotopic (exact) mass is 339 g/mol. The van der Waals surface area contributed by atoms with Crippen LogP contribution in [0.25, 0.3) is 11.4 Å². The molecule has 5 nitrogen and oxygen atoms in total. The van der Waals surface area contributed by atoms with Crippen LogP contribution in [0.3, 0.4) is 0 Å². The second-order valence-corrected chi connectivity index (χ2v) is 5.86. The first kappa shape index (κ1) is 16.8. The summed E-state index contributed by atoms with van der Waals surface area (Å²) in [5.41, 5.74) is 3.21. The number of amides is 1. The molecule has 1 N–H and O–H groups in total. The summed E-state index contributed by atoms with van der Waals surface area (Å²) in [7, 11) is 0. The number of anilines is 1. The smallest absolute Gasteiger partial charge is 0.227 e. The summed E-state index contributed by atoms with van der Waals surface area (Å²) >= 11 is 0. The van der Waals surface area contributed by atoms with Crippen molar-refractivity contribution < 1.29 is 13.7 Å². The largest absolute Gasteiger partial charge is 0.339 e. The standard InChI is InChI=1S/C19H18FN3O2/c1-12-7-8-16(13(2)11-12)21-17(24)9-10-18-22-19(23-25-18)14-5-3-4-6-15(14)20/h3-8,11H,9-10H2,1-2H3,(H,21,24). The molecule has 0 bridgehead atoms. The van der Waals surface area contributed by atoms with E-state index in [-0.39, 0.29) is 30.1 Å². The average molecular weight is 339 g/mol. The molecule has 0 spiro atoms. The van der Waals surface area contributed by atoms with Gasteiger partial charge in [0.2, 0.25) is 17.6 Å². The van der Waals surface area contributed by atoms with Gasteiger partial charge >= 0.3 is 0 Å². The van der Waals surface area contributed by atoms with Crippen molar-refractivity contribution in [2.45, 2.75) is 26.7 Å². The minimum absolute atomic E-state index is 0.141. The van der Waals surface area contributed by atoms with E-state index in [9.17, 15) is 9.18 Å². The molecule has 128 valence electrons. The van der Waals surface area contributed by atoms with Gasteiger partial charge in [0.15, 0.2) is 0 Å². The third-order valence-corrected chi connectivity index (χ3v) is 3.80. The third-order valence-electron chi connectivity index (χ3n) is 3.80. The van der Waals surface area contributed by atoms with Gasteiger partial charge in [-0.25, -0.2) is 4.39 Å². The Balaban J connectivity index is 1.60. The topological polar surface area (TPSA) is 68.0 Å². The molecule has 0 fully saturated rings. The normalized spacial score (nSPS) is 10.7. The Morgan fingerprint density at radius 2 is 2.00 bits per heavy atom. The van der Waals surface area contributed by atoms with Gasteiger partial charge in [-0.2, -0.15) is 4.98 Å². The molecule has 0 unspecified atom stereocenters. The summed E-state index contributed by atoms with van der Waals surface area (Å²) < 4.78 is 18.8. The molecule has 0 saturated heterocycles. The number of benzene rings is 2. The van der Waals surface area contributed by atoms with Gasteiger partial charge in [0.05, 0.1) is 5.56 Å². The van der Waals surface area contributed by atoms with Crippen molar-refractivity contribution in [3.05, 3.63) is 65.3 Å². The molecular weight excluding hydrogens is 321 g/mol. The van der Waals surface area contributed by atoms with Crippen molar-refractivity contribution in [2.75, 3.05) is 5.32 Å². The van der Waals surface area contributed by atoms with Crippen molar-refractivity contribution in [1.82, 2.24) is 10.1 Å². The first-order valence-corrected chi connectivity index (χ1v) is 7.97. The Bertz CT molecular complexity index is 905. The van der Waals surface area contributed by atoms with Crippen molar-refractivity contribution >= 4 is 11.6 Å². The van der Waals surface area contributed by atoms with E-state index in [1.165, 1.54) is 6.07 Å². The summed E-state index contributed by atoms with van der Waals surface area (Å²) in [5, 5.41) is 6.64. The van der Waals surface area contributed by atoms with Gasteiger partial charge in [0.25, 0.3) is 0 Å². The highest BCUT2D eigenvalue weighted by atomic mass is 19.1. The minimum atomic E-state index is -0.414. The highest BCUT2D eigenvalue weighted by Crippen LogP contribution is 2.20. The lowest BCUT2D eigenvalue weighted by atomic mass is 10.1. The number of halogens is 1. The van der Waals surface area contributed by atoms with Crippen LogP contribution in [0.1, 0.15) is 23.4 Å². The van der Waals surface area contributed by atoms with E-state index < -0.39 is 5.82 Å². The number of rotatable bonds is 5. The Hall–Kier alpha value is -3.02. The first-order chi connectivity index (χ1) is 12.0. The Morgan fingerprint density at radius 1 is 1.20 bits per heavy atom. The number of carbonyl (C=O) groups excluding carboxylic acids is 1. The quantitative estimate of drug-likeness (QED) is 0.761. The van der Waals surface area contributed by atoms with Gasteiger partial charge in [-0.3, -0.25) is 4.79 Å². The lowest BCUT2D eigenvalue weighted by molar-refractivity contribution is -0.116.